The van der Waals surface area contributed by atoms with Gasteiger partial charge in [0.2, 0.25) is 11.6 Å². The zero-order valence-corrected chi connectivity index (χ0v) is 16.0. The van der Waals surface area contributed by atoms with E-state index < -0.39 is 0 Å². The van der Waals surface area contributed by atoms with Crippen LogP contribution >= 0.6 is 0 Å². The number of ether oxygens (including phenoxy) is 1. The summed E-state index contributed by atoms with van der Waals surface area (Å²) in [4.78, 5) is 0. The number of hydrogen-bond donors (Lipinski definition) is 1. The number of nitrogens with zero attached hydrogens (tertiary/aromatic N) is 7. The summed E-state index contributed by atoms with van der Waals surface area (Å²) in [6.45, 7) is 6.48. The Balaban J connectivity index is 1.67. The second kappa shape index (κ2) is 8.89. The van der Waals surface area contributed by atoms with Gasteiger partial charge in [0.25, 0.3) is 0 Å². The molecule has 3 aromatic rings. The van der Waals surface area contributed by atoms with Crippen molar-refractivity contribution in [3.05, 3.63) is 41.2 Å². The molecule has 1 aromatic carbocycles. The first-order valence-corrected chi connectivity index (χ1v) is 8.91. The number of rotatable bonds is 8. The zero-order valence-electron chi connectivity index (χ0n) is 16.0. The molecule has 146 valence electrons. The maximum Gasteiger partial charge on any atom is 0.243 e. The molecular weight excluding hydrogens is 360 g/mol. The molecule has 0 atom stereocenters. The lowest BCUT2D eigenvalue weighted by Crippen LogP contribution is -2.04. The van der Waals surface area contributed by atoms with Gasteiger partial charge in [-0.2, -0.15) is 14.9 Å². The Morgan fingerprint density at radius 1 is 1.29 bits per heavy atom. The molecule has 10 heteroatoms. The summed E-state index contributed by atoms with van der Waals surface area (Å²) in [5, 5.41) is 23.7. The average molecular weight is 382 g/mol. The smallest absolute Gasteiger partial charge is 0.243 e. The van der Waals surface area contributed by atoms with E-state index >= 15 is 0 Å². The normalized spacial score (nSPS) is 12.0. The fourth-order valence-electron chi connectivity index (χ4n) is 2.42. The van der Waals surface area contributed by atoms with Crippen LogP contribution in [0.2, 0.25) is 0 Å². The quantitative estimate of drug-likeness (QED) is 0.360. The van der Waals surface area contributed by atoms with E-state index in [1.54, 1.807) is 13.1 Å². The molecule has 3 rings (SSSR count). The molecule has 0 radical (unpaired) electrons. The Morgan fingerprint density at radius 2 is 2.07 bits per heavy atom. The van der Waals surface area contributed by atoms with Crippen molar-refractivity contribution >= 4 is 17.7 Å². The lowest BCUT2D eigenvalue weighted by atomic mass is 10.2. The molecule has 28 heavy (non-hydrogen) atoms. The molecule has 0 unspecified atom stereocenters. The number of aromatic nitrogens is 5. The number of hydrogen-bond acceptors (Lipinski definition) is 9. The SMILES string of the molecule is CCCCOc1ccc(/C=N/N=C(/C)c2nnn(-c3nonc3N)c2C)cc1. The third kappa shape index (κ3) is 4.40. The molecule has 2 aromatic heterocycles. The summed E-state index contributed by atoms with van der Waals surface area (Å²) in [5.74, 6) is 1.27. The van der Waals surface area contributed by atoms with E-state index in [0.717, 1.165) is 30.8 Å². The van der Waals surface area contributed by atoms with Crippen molar-refractivity contribution in [2.24, 2.45) is 10.2 Å². The summed E-state index contributed by atoms with van der Waals surface area (Å²) in [5.41, 5.74) is 8.51. The molecule has 0 aliphatic rings. The lowest BCUT2D eigenvalue weighted by Gasteiger charge is -2.04. The predicted octanol–water partition coefficient (Wildman–Crippen LogP) is 2.56. The Kier molecular flexibility index (Phi) is 6.10. The minimum absolute atomic E-state index is 0.134. The summed E-state index contributed by atoms with van der Waals surface area (Å²) in [7, 11) is 0. The van der Waals surface area contributed by atoms with E-state index in [-0.39, 0.29) is 11.6 Å². The highest BCUT2D eigenvalue weighted by molar-refractivity contribution is 5.98. The molecule has 0 saturated carbocycles. The standard InChI is InChI=1S/C18H22N8O2/c1-4-5-10-27-15-8-6-14(7-9-15)11-20-21-12(2)16-13(3)26(25-22-16)18-17(19)23-28-24-18/h6-9,11H,4-5,10H2,1-3H3,(H2,19,23)/b20-11+,21-12-. The van der Waals surface area contributed by atoms with Crippen LogP contribution in [-0.4, -0.2) is 43.8 Å². The first-order chi connectivity index (χ1) is 13.6. The minimum Gasteiger partial charge on any atom is -0.494 e. The van der Waals surface area contributed by atoms with Gasteiger partial charge in [-0.25, -0.2) is 4.63 Å². The number of benzene rings is 1. The van der Waals surface area contributed by atoms with Crippen molar-refractivity contribution in [2.75, 3.05) is 12.3 Å². The van der Waals surface area contributed by atoms with Crippen LogP contribution in [0.15, 0.2) is 39.1 Å². The number of nitrogen functional groups attached to an aromatic ring is 1. The van der Waals surface area contributed by atoms with E-state index in [9.17, 15) is 0 Å². The zero-order chi connectivity index (χ0) is 19.9. The highest BCUT2D eigenvalue weighted by Crippen LogP contribution is 2.15. The van der Waals surface area contributed by atoms with Gasteiger partial charge in [0.15, 0.2) is 0 Å². The monoisotopic (exact) mass is 382 g/mol. The fraction of sp³-hybridized carbons (Fsp3) is 0.333. The summed E-state index contributed by atoms with van der Waals surface area (Å²) >= 11 is 0. The number of nitrogens with two attached hydrogens (primary N) is 1. The highest BCUT2D eigenvalue weighted by atomic mass is 16.6. The minimum atomic E-state index is 0.134. The Morgan fingerprint density at radius 3 is 2.75 bits per heavy atom. The third-order valence-corrected chi connectivity index (χ3v) is 3.99. The average Bonchev–Trinajstić information content (AvgIpc) is 3.28. The second-order valence-corrected chi connectivity index (χ2v) is 6.11. The van der Waals surface area contributed by atoms with Crippen LogP contribution in [0.1, 0.15) is 43.6 Å². The molecule has 0 bridgehead atoms. The number of anilines is 1. The van der Waals surface area contributed by atoms with Crippen LogP contribution in [0.25, 0.3) is 5.82 Å². The maximum absolute atomic E-state index is 5.70. The molecule has 0 fully saturated rings. The maximum atomic E-state index is 5.70. The van der Waals surface area contributed by atoms with Gasteiger partial charge in [0.1, 0.15) is 11.4 Å². The molecule has 0 aliphatic carbocycles. The Hall–Kier alpha value is -3.56. The van der Waals surface area contributed by atoms with E-state index in [1.807, 2.05) is 31.2 Å². The Labute approximate surface area is 162 Å². The molecular formula is C18H22N8O2. The van der Waals surface area contributed by atoms with Gasteiger partial charge in [0.05, 0.1) is 24.2 Å². The largest absolute Gasteiger partial charge is 0.494 e. The van der Waals surface area contributed by atoms with Gasteiger partial charge >= 0.3 is 0 Å². The van der Waals surface area contributed by atoms with Gasteiger partial charge in [-0.1, -0.05) is 18.6 Å². The van der Waals surface area contributed by atoms with Crippen molar-refractivity contribution in [1.29, 1.82) is 0 Å². The molecule has 2 N–H and O–H groups in total. The van der Waals surface area contributed by atoms with E-state index in [2.05, 4.69) is 42.4 Å². The van der Waals surface area contributed by atoms with Gasteiger partial charge in [-0.05, 0) is 60.4 Å². The molecule has 0 amide bonds. The van der Waals surface area contributed by atoms with Gasteiger partial charge in [-0.15, -0.1) is 5.10 Å². The second-order valence-electron chi connectivity index (χ2n) is 6.11. The third-order valence-electron chi connectivity index (χ3n) is 3.99. The van der Waals surface area contributed by atoms with Crippen LogP contribution in [-0.2, 0) is 0 Å². The van der Waals surface area contributed by atoms with Crippen LogP contribution in [0, 0.1) is 6.92 Å². The first-order valence-electron chi connectivity index (χ1n) is 8.91. The van der Waals surface area contributed by atoms with Crippen LogP contribution in [0.3, 0.4) is 0 Å². The predicted molar refractivity (Wildman–Crippen MR) is 105 cm³/mol. The first kappa shape index (κ1) is 19.2. The molecule has 0 aliphatic heterocycles. The highest BCUT2D eigenvalue weighted by Gasteiger charge is 2.17. The van der Waals surface area contributed by atoms with Gasteiger partial charge < -0.3 is 10.5 Å². The van der Waals surface area contributed by atoms with Crippen molar-refractivity contribution in [2.45, 2.75) is 33.6 Å². The van der Waals surface area contributed by atoms with Crippen molar-refractivity contribution in [1.82, 2.24) is 25.3 Å². The van der Waals surface area contributed by atoms with Crippen molar-refractivity contribution in [3.8, 4) is 11.6 Å². The van der Waals surface area contributed by atoms with Gasteiger partial charge in [0, 0.05) is 0 Å². The topological polar surface area (TPSA) is 130 Å². The molecule has 0 saturated heterocycles. The molecule has 0 spiro atoms. The van der Waals surface area contributed by atoms with Crippen LogP contribution in [0.4, 0.5) is 5.82 Å². The summed E-state index contributed by atoms with van der Waals surface area (Å²) in [6.07, 6.45) is 3.82. The van der Waals surface area contributed by atoms with Crippen molar-refractivity contribution < 1.29 is 9.37 Å². The number of unbranched alkanes of at least 4 members (excludes halogenated alkanes) is 1. The van der Waals surface area contributed by atoms with Gasteiger partial charge in [-0.3, -0.25) is 0 Å². The lowest BCUT2D eigenvalue weighted by molar-refractivity contribution is 0.306. The van der Waals surface area contributed by atoms with Crippen molar-refractivity contribution in [3.63, 3.8) is 0 Å². The van der Waals surface area contributed by atoms with Crippen LogP contribution in [0.5, 0.6) is 5.75 Å². The molecule has 10 nitrogen and oxygen atoms in total. The summed E-state index contributed by atoms with van der Waals surface area (Å²) in [6, 6.07) is 7.69. The fourth-order valence-corrected chi connectivity index (χ4v) is 2.42. The van der Waals surface area contributed by atoms with E-state index in [4.69, 9.17) is 10.5 Å². The van der Waals surface area contributed by atoms with E-state index in [0.29, 0.717) is 17.1 Å². The Bertz CT molecular complexity index is 972. The van der Waals surface area contributed by atoms with Crippen LogP contribution < -0.4 is 10.5 Å². The molecule has 2 heterocycles. The van der Waals surface area contributed by atoms with E-state index in [1.165, 1.54) is 4.68 Å². The summed E-state index contributed by atoms with van der Waals surface area (Å²) < 4.78 is 11.7.